The summed E-state index contributed by atoms with van der Waals surface area (Å²) in [5, 5.41) is 0. The monoisotopic (exact) mass is 330 g/mol. The number of rotatable bonds is 2. The van der Waals surface area contributed by atoms with E-state index in [1.54, 1.807) is 0 Å². The van der Waals surface area contributed by atoms with E-state index in [9.17, 15) is 9.59 Å². The number of hydrogen-bond donors (Lipinski definition) is 0. The van der Waals surface area contributed by atoms with Crippen molar-refractivity contribution in [2.45, 2.75) is 51.4 Å². The molecule has 5 rings (SSSR count). The average molecular weight is 330 g/mol. The molecule has 6 atom stereocenters. The summed E-state index contributed by atoms with van der Waals surface area (Å²) in [6.07, 6.45) is 10.1. The Morgan fingerprint density at radius 3 is 1.29 bits per heavy atom. The van der Waals surface area contributed by atoms with Gasteiger partial charge in [-0.3, -0.25) is 9.59 Å². The number of amides is 2. The Hall–Kier alpha value is -1.06. The molecule has 5 aliphatic rings. The van der Waals surface area contributed by atoms with Gasteiger partial charge in [0.15, 0.2) is 0 Å². The van der Waals surface area contributed by atoms with E-state index >= 15 is 0 Å². The van der Waals surface area contributed by atoms with E-state index in [1.807, 2.05) is 0 Å². The third-order valence-corrected chi connectivity index (χ3v) is 8.01. The molecule has 1 heterocycles. The summed E-state index contributed by atoms with van der Waals surface area (Å²) in [5.41, 5.74) is 0. The van der Waals surface area contributed by atoms with Crippen molar-refractivity contribution in [1.82, 2.24) is 9.80 Å². The van der Waals surface area contributed by atoms with Crippen LogP contribution in [-0.4, -0.2) is 47.8 Å². The van der Waals surface area contributed by atoms with Crippen molar-refractivity contribution >= 4 is 11.8 Å². The summed E-state index contributed by atoms with van der Waals surface area (Å²) in [4.78, 5) is 29.8. The largest absolute Gasteiger partial charge is 0.339 e. The van der Waals surface area contributed by atoms with Crippen molar-refractivity contribution in [1.29, 1.82) is 0 Å². The standard InChI is InChI=1S/C20H30N2O2/c23-19(17-11-13-1-3-15(17)9-13)21-5-7-22(8-6-21)20(24)18-12-14-2-4-16(18)10-14/h13-18H,1-12H2. The lowest BCUT2D eigenvalue weighted by Gasteiger charge is -2.39. The fourth-order valence-corrected chi connectivity index (χ4v) is 6.71. The van der Waals surface area contributed by atoms with Gasteiger partial charge in [0.25, 0.3) is 0 Å². The van der Waals surface area contributed by atoms with Crippen molar-refractivity contribution in [3.63, 3.8) is 0 Å². The maximum Gasteiger partial charge on any atom is 0.226 e. The Bertz CT molecular complexity index is 492. The molecule has 4 heteroatoms. The van der Waals surface area contributed by atoms with Gasteiger partial charge in [0, 0.05) is 38.0 Å². The molecule has 0 N–H and O–H groups in total. The minimum Gasteiger partial charge on any atom is -0.339 e. The molecule has 0 radical (unpaired) electrons. The fraction of sp³-hybridized carbons (Fsp3) is 0.900. The Labute approximate surface area is 144 Å². The highest BCUT2D eigenvalue weighted by Crippen LogP contribution is 2.50. The molecule has 0 aromatic rings. The smallest absolute Gasteiger partial charge is 0.226 e. The van der Waals surface area contributed by atoms with Crippen molar-refractivity contribution in [3.8, 4) is 0 Å². The first kappa shape index (κ1) is 15.2. The first-order valence-electron chi connectivity index (χ1n) is 10.3. The first-order valence-corrected chi connectivity index (χ1v) is 10.3. The Balaban J connectivity index is 1.16. The lowest BCUT2D eigenvalue weighted by molar-refractivity contribution is -0.145. The number of carbonyl (C=O) groups excluding carboxylic acids is 2. The van der Waals surface area contributed by atoms with Gasteiger partial charge >= 0.3 is 0 Å². The van der Waals surface area contributed by atoms with Crippen LogP contribution < -0.4 is 0 Å². The van der Waals surface area contributed by atoms with Gasteiger partial charge in [-0.2, -0.15) is 0 Å². The van der Waals surface area contributed by atoms with Gasteiger partial charge in [-0.15, -0.1) is 0 Å². The van der Waals surface area contributed by atoms with Crippen molar-refractivity contribution in [3.05, 3.63) is 0 Å². The second-order valence-electron chi connectivity index (χ2n) is 9.21. The van der Waals surface area contributed by atoms with Gasteiger partial charge in [-0.1, -0.05) is 12.8 Å². The molecule has 0 spiro atoms. The van der Waals surface area contributed by atoms with Gasteiger partial charge in [-0.05, 0) is 62.2 Å². The van der Waals surface area contributed by atoms with E-state index in [0.717, 1.165) is 50.9 Å². The molecule has 5 fully saturated rings. The topological polar surface area (TPSA) is 40.6 Å². The van der Waals surface area contributed by atoms with E-state index in [2.05, 4.69) is 9.80 Å². The summed E-state index contributed by atoms with van der Waals surface area (Å²) in [7, 11) is 0. The van der Waals surface area contributed by atoms with Crippen LogP contribution in [0.3, 0.4) is 0 Å². The van der Waals surface area contributed by atoms with Crippen LogP contribution in [0, 0.1) is 35.5 Å². The number of hydrogen-bond acceptors (Lipinski definition) is 2. The zero-order chi connectivity index (χ0) is 16.3. The molecular formula is C20H30N2O2. The summed E-state index contributed by atoms with van der Waals surface area (Å²) < 4.78 is 0. The Morgan fingerprint density at radius 2 is 1.00 bits per heavy atom. The maximum atomic E-state index is 12.8. The number of carbonyl (C=O) groups is 2. The van der Waals surface area contributed by atoms with Crippen LogP contribution >= 0.6 is 0 Å². The van der Waals surface area contributed by atoms with E-state index < -0.39 is 0 Å². The third kappa shape index (κ3) is 2.40. The van der Waals surface area contributed by atoms with Crippen LogP contribution in [-0.2, 0) is 9.59 Å². The molecule has 4 nitrogen and oxygen atoms in total. The number of nitrogens with zero attached hydrogens (tertiary/aromatic N) is 2. The first-order chi connectivity index (χ1) is 11.7. The quantitative estimate of drug-likeness (QED) is 0.781. The van der Waals surface area contributed by atoms with Crippen molar-refractivity contribution in [2.24, 2.45) is 35.5 Å². The minimum absolute atomic E-state index is 0.302. The normalized spacial score (nSPS) is 43.7. The lowest BCUT2D eigenvalue weighted by atomic mass is 9.87. The highest BCUT2D eigenvalue weighted by molar-refractivity contribution is 5.82. The molecule has 132 valence electrons. The van der Waals surface area contributed by atoms with Crippen LogP contribution in [0.2, 0.25) is 0 Å². The minimum atomic E-state index is 0.302. The molecule has 4 aliphatic carbocycles. The molecule has 4 saturated carbocycles. The van der Waals surface area contributed by atoms with Crippen LogP contribution in [0.25, 0.3) is 0 Å². The number of fused-ring (bicyclic) bond motifs is 4. The summed E-state index contributed by atoms with van der Waals surface area (Å²) in [5.74, 6) is 4.37. The molecule has 4 bridgehead atoms. The molecule has 1 aliphatic heterocycles. The molecule has 2 amide bonds. The summed E-state index contributed by atoms with van der Waals surface area (Å²) in [6, 6.07) is 0. The predicted molar refractivity (Wildman–Crippen MR) is 91.0 cm³/mol. The van der Waals surface area contributed by atoms with Gasteiger partial charge < -0.3 is 9.80 Å². The van der Waals surface area contributed by atoms with E-state index in [1.165, 1.54) is 38.5 Å². The second-order valence-corrected chi connectivity index (χ2v) is 9.21. The molecular weight excluding hydrogens is 300 g/mol. The molecule has 0 aromatic heterocycles. The van der Waals surface area contributed by atoms with E-state index in [4.69, 9.17) is 0 Å². The zero-order valence-corrected chi connectivity index (χ0v) is 14.7. The average Bonchev–Trinajstić information content (AvgIpc) is 3.41. The lowest BCUT2D eigenvalue weighted by Crippen LogP contribution is -2.53. The van der Waals surface area contributed by atoms with Gasteiger partial charge in [0.05, 0.1) is 0 Å². The molecule has 6 unspecified atom stereocenters. The van der Waals surface area contributed by atoms with Crippen LogP contribution in [0.1, 0.15) is 51.4 Å². The zero-order valence-electron chi connectivity index (χ0n) is 14.7. The van der Waals surface area contributed by atoms with Crippen LogP contribution in [0.5, 0.6) is 0 Å². The highest BCUT2D eigenvalue weighted by Gasteiger charge is 2.46. The molecule has 24 heavy (non-hydrogen) atoms. The molecule has 0 aromatic carbocycles. The maximum absolute atomic E-state index is 12.8. The fourth-order valence-electron chi connectivity index (χ4n) is 6.71. The van der Waals surface area contributed by atoms with Crippen LogP contribution in [0.15, 0.2) is 0 Å². The Morgan fingerprint density at radius 1 is 0.583 bits per heavy atom. The summed E-state index contributed by atoms with van der Waals surface area (Å²) >= 11 is 0. The van der Waals surface area contributed by atoms with Crippen molar-refractivity contribution < 1.29 is 9.59 Å². The highest BCUT2D eigenvalue weighted by atomic mass is 16.2. The van der Waals surface area contributed by atoms with Gasteiger partial charge in [0.1, 0.15) is 0 Å². The van der Waals surface area contributed by atoms with Gasteiger partial charge in [-0.25, -0.2) is 0 Å². The van der Waals surface area contributed by atoms with E-state index in [-0.39, 0.29) is 0 Å². The van der Waals surface area contributed by atoms with E-state index in [0.29, 0.717) is 35.5 Å². The SMILES string of the molecule is O=C(C1CC2CCC1C2)N1CCN(C(=O)C2CC3CCC2C3)CC1. The molecule has 1 saturated heterocycles. The number of piperazine rings is 1. The second kappa shape index (κ2) is 5.74. The predicted octanol–water partition coefficient (Wildman–Crippen LogP) is 2.53. The Kier molecular flexibility index (Phi) is 3.64. The van der Waals surface area contributed by atoms with Crippen LogP contribution in [0.4, 0.5) is 0 Å². The van der Waals surface area contributed by atoms with Gasteiger partial charge in [0.2, 0.25) is 11.8 Å². The van der Waals surface area contributed by atoms with Crippen molar-refractivity contribution in [2.75, 3.05) is 26.2 Å². The summed E-state index contributed by atoms with van der Waals surface area (Å²) in [6.45, 7) is 3.05. The third-order valence-electron chi connectivity index (χ3n) is 8.01.